The van der Waals surface area contributed by atoms with E-state index in [4.69, 9.17) is 0 Å². The van der Waals surface area contributed by atoms with Crippen LogP contribution in [0.3, 0.4) is 0 Å². The predicted molar refractivity (Wildman–Crippen MR) is 77.0 cm³/mol. The predicted octanol–water partition coefficient (Wildman–Crippen LogP) is 0.0986. The molecule has 7 heteroatoms. The van der Waals surface area contributed by atoms with Crippen molar-refractivity contribution in [1.82, 2.24) is 9.88 Å². The molecule has 1 aromatic heterocycles. The highest BCUT2D eigenvalue weighted by Gasteiger charge is 2.41. The Labute approximate surface area is 121 Å². The third-order valence-electron chi connectivity index (χ3n) is 3.60. The Kier molecular flexibility index (Phi) is 3.18. The number of nitrogens with zero attached hydrogens (tertiary/aromatic N) is 2. The van der Waals surface area contributed by atoms with E-state index in [9.17, 15) is 19.2 Å². The minimum absolute atomic E-state index is 0.0826. The number of aromatic nitrogens is 1. The Morgan fingerprint density at radius 1 is 1.43 bits per heavy atom. The van der Waals surface area contributed by atoms with Crippen LogP contribution in [0.1, 0.15) is 17.3 Å². The van der Waals surface area contributed by atoms with Gasteiger partial charge in [0, 0.05) is 17.0 Å². The van der Waals surface area contributed by atoms with Gasteiger partial charge in [-0.25, -0.2) is 4.39 Å². The van der Waals surface area contributed by atoms with Gasteiger partial charge in [0.1, 0.15) is 5.67 Å². The number of fused-ring (bicyclic) bond motifs is 1. The highest BCUT2D eigenvalue weighted by Crippen LogP contribution is 2.26. The molecule has 2 heterocycles. The molecular weight excluding hydrogens is 274 g/mol. The topological polar surface area (TPSA) is 73.7 Å². The van der Waals surface area contributed by atoms with Crippen LogP contribution in [0, 0.1) is 0 Å². The van der Waals surface area contributed by atoms with Crippen molar-refractivity contribution in [1.29, 1.82) is 0 Å². The van der Waals surface area contributed by atoms with E-state index in [2.05, 4.69) is 4.98 Å². The first-order valence-electron chi connectivity index (χ1n) is 6.60. The first-order valence-corrected chi connectivity index (χ1v) is 6.60. The van der Waals surface area contributed by atoms with Gasteiger partial charge in [-0.15, -0.1) is 0 Å². The zero-order valence-electron chi connectivity index (χ0n) is 11.5. The molecule has 1 aliphatic rings. The molecule has 5 nitrogen and oxygen atoms in total. The van der Waals surface area contributed by atoms with Gasteiger partial charge in [0.2, 0.25) is 0 Å². The summed E-state index contributed by atoms with van der Waals surface area (Å²) in [6.45, 7) is 1.63. The van der Waals surface area contributed by atoms with Crippen molar-refractivity contribution in [2.75, 3.05) is 13.1 Å². The Bertz CT molecular complexity index is 712. The molecule has 1 aromatic carbocycles. The van der Waals surface area contributed by atoms with Crippen LogP contribution in [0.4, 0.5) is 4.39 Å². The van der Waals surface area contributed by atoms with E-state index in [0.29, 0.717) is 16.5 Å². The van der Waals surface area contributed by atoms with Gasteiger partial charge in [-0.1, -0.05) is 18.2 Å². The van der Waals surface area contributed by atoms with Crippen LogP contribution in [0.25, 0.3) is 10.9 Å². The molecule has 1 saturated heterocycles. The summed E-state index contributed by atoms with van der Waals surface area (Å²) in [5, 5.41) is 19.2. The number of benzene rings is 1. The molecule has 1 fully saturated rings. The first kappa shape index (κ1) is 14.0. The minimum Gasteiger partial charge on any atom is -0.423 e. The standard InChI is InChI=1S/C14H14BFN2O3/c1-14(16)7-18(8-14)13(19)10-5-9-3-2-4-11(15(20)21)12(9)17-6-10/h2-6,20-21H,7-8H2,1H3. The number of amides is 1. The molecule has 0 unspecified atom stereocenters. The highest BCUT2D eigenvalue weighted by molar-refractivity contribution is 6.61. The van der Waals surface area contributed by atoms with E-state index >= 15 is 0 Å². The summed E-state index contributed by atoms with van der Waals surface area (Å²) < 4.78 is 13.5. The molecule has 3 rings (SSSR count). The van der Waals surface area contributed by atoms with E-state index in [1.165, 1.54) is 18.0 Å². The number of rotatable bonds is 2. The summed E-state index contributed by atoms with van der Waals surface area (Å²) in [4.78, 5) is 17.8. The Morgan fingerprint density at radius 2 is 2.14 bits per heavy atom. The number of carbonyl (C=O) groups excluding carboxylic acids is 1. The van der Waals surface area contributed by atoms with Crippen LogP contribution >= 0.6 is 0 Å². The number of carbonyl (C=O) groups is 1. The summed E-state index contributed by atoms with van der Waals surface area (Å²) >= 11 is 0. The fourth-order valence-electron chi connectivity index (χ4n) is 2.59. The normalized spacial score (nSPS) is 16.7. The van der Waals surface area contributed by atoms with Crippen LogP contribution < -0.4 is 5.46 Å². The summed E-state index contributed by atoms with van der Waals surface area (Å²) in [7, 11) is -1.62. The van der Waals surface area contributed by atoms with Gasteiger partial charge in [-0.05, 0) is 13.0 Å². The van der Waals surface area contributed by atoms with Crippen LogP contribution in [-0.2, 0) is 0 Å². The van der Waals surface area contributed by atoms with Crippen LogP contribution in [0.5, 0.6) is 0 Å². The van der Waals surface area contributed by atoms with Crippen LogP contribution in [0.2, 0.25) is 0 Å². The Morgan fingerprint density at radius 3 is 2.76 bits per heavy atom. The van der Waals surface area contributed by atoms with E-state index < -0.39 is 12.8 Å². The van der Waals surface area contributed by atoms with E-state index in [-0.39, 0.29) is 24.5 Å². The monoisotopic (exact) mass is 288 g/mol. The van der Waals surface area contributed by atoms with Crippen molar-refractivity contribution in [3.05, 3.63) is 36.0 Å². The van der Waals surface area contributed by atoms with E-state index in [0.717, 1.165) is 0 Å². The quantitative estimate of drug-likeness (QED) is 0.769. The van der Waals surface area contributed by atoms with Gasteiger partial charge in [0.25, 0.3) is 5.91 Å². The molecule has 0 atom stereocenters. The van der Waals surface area contributed by atoms with Crippen LogP contribution in [-0.4, -0.2) is 51.7 Å². The van der Waals surface area contributed by atoms with Gasteiger partial charge in [0.15, 0.2) is 0 Å². The van der Waals surface area contributed by atoms with Gasteiger partial charge in [-0.2, -0.15) is 0 Å². The average Bonchev–Trinajstić information content (AvgIpc) is 2.42. The first-order chi connectivity index (χ1) is 9.87. The molecule has 1 amide bonds. The lowest BCUT2D eigenvalue weighted by Gasteiger charge is -2.42. The number of hydrogen-bond donors (Lipinski definition) is 2. The Hall–Kier alpha value is -1.99. The molecule has 108 valence electrons. The molecule has 2 N–H and O–H groups in total. The number of halogens is 1. The second-order valence-corrected chi connectivity index (χ2v) is 5.59. The molecular formula is C14H14BFN2O3. The lowest BCUT2D eigenvalue weighted by Crippen LogP contribution is -2.59. The second-order valence-electron chi connectivity index (χ2n) is 5.59. The zero-order chi connectivity index (χ0) is 15.2. The zero-order valence-corrected chi connectivity index (χ0v) is 11.5. The average molecular weight is 288 g/mol. The summed E-state index contributed by atoms with van der Waals surface area (Å²) in [5.74, 6) is -0.269. The number of hydrogen-bond acceptors (Lipinski definition) is 4. The molecule has 0 bridgehead atoms. The van der Waals surface area contributed by atoms with Crippen molar-refractivity contribution >= 4 is 29.4 Å². The van der Waals surface area contributed by atoms with Crippen molar-refractivity contribution in [2.45, 2.75) is 12.6 Å². The molecule has 0 radical (unpaired) electrons. The number of likely N-dealkylation sites (tertiary alicyclic amines) is 1. The smallest absolute Gasteiger partial charge is 0.423 e. The molecule has 0 saturated carbocycles. The highest BCUT2D eigenvalue weighted by atomic mass is 19.1. The maximum atomic E-state index is 13.5. The number of alkyl halides is 1. The minimum atomic E-state index is -1.62. The van der Waals surface area contributed by atoms with E-state index in [1.807, 2.05) is 0 Å². The third kappa shape index (κ3) is 2.50. The fraction of sp³-hybridized carbons (Fsp3) is 0.286. The summed E-state index contributed by atoms with van der Waals surface area (Å²) in [6, 6.07) is 6.59. The molecule has 0 aliphatic carbocycles. The van der Waals surface area contributed by atoms with Crippen molar-refractivity contribution in [3.63, 3.8) is 0 Å². The SMILES string of the molecule is CC1(F)CN(C(=O)c2cnc3c(B(O)O)cccc3c2)C1. The fourth-order valence-corrected chi connectivity index (χ4v) is 2.59. The number of para-hydroxylation sites is 1. The maximum absolute atomic E-state index is 13.5. The van der Waals surface area contributed by atoms with Crippen molar-refractivity contribution in [2.24, 2.45) is 0 Å². The van der Waals surface area contributed by atoms with Crippen LogP contribution in [0.15, 0.2) is 30.5 Å². The van der Waals surface area contributed by atoms with Gasteiger partial charge in [0.05, 0.1) is 24.2 Å². The largest absolute Gasteiger partial charge is 0.490 e. The third-order valence-corrected chi connectivity index (χ3v) is 3.60. The van der Waals surface area contributed by atoms with Gasteiger partial charge < -0.3 is 14.9 Å². The van der Waals surface area contributed by atoms with E-state index in [1.54, 1.807) is 24.3 Å². The number of pyridine rings is 1. The lowest BCUT2D eigenvalue weighted by molar-refractivity contribution is -0.00787. The lowest BCUT2D eigenvalue weighted by atomic mass is 9.79. The Balaban J connectivity index is 1.93. The van der Waals surface area contributed by atoms with Crippen molar-refractivity contribution in [3.8, 4) is 0 Å². The summed E-state index contributed by atoms with van der Waals surface area (Å²) in [6.07, 6.45) is 1.38. The van der Waals surface area contributed by atoms with Gasteiger partial charge >= 0.3 is 7.12 Å². The second kappa shape index (κ2) is 4.78. The summed E-state index contributed by atoms with van der Waals surface area (Å²) in [5.41, 5.74) is -0.231. The van der Waals surface area contributed by atoms with Gasteiger partial charge in [-0.3, -0.25) is 9.78 Å². The molecule has 21 heavy (non-hydrogen) atoms. The van der Waals surface area contributed by atoms with Crippen molar-refractivity contribution < 1.29 is 19.2 Å². The maximum Gasteiger partial charge on any atom is 0.490 e. The molecule has 1 aliphatic heterocycles. The molecule has 2 aromatic rings. The molecule has 0 spiro atoms.